The van der Waals surface area contributed by atoms with Crippen molar-refractivity contribution in [2.75, 3.05) is 0 Å². The zero-order valence-electron chi connectivity index (χ0n) is 14.8. The highest BCUT2D eigenvalue weighted by atomic mass is 14.3. The molecule has 0 amide bonds. The number of unbranched alkanes of at least 4 members (excludes halogenated alkanes) is 1. The van der Waals surface area contributed by atoms with Gasteiger partial charge in [0.2, 0.25) is 0 Å². The Bertz CT molecular complexity index is 226. The maximum Gasteiger partial charge on any atom is -0.0411 e. The fourth-order valence-corrected chi connectivity index (χ4v) is 4.85. The van der Waals surface area contributed by atoms with Gasteiger partial charge in [0.25, 0.3) is 0 Å². The lowest BCUT2D eigenvalue weighted by atomic mass is 9.75. The van der Waals surface area contributed by atoms with E-state index in [0.717, 1.165) is 17.8 Å². The number of rotatable bonds is 5. The standard InChI is InChI=1S/C21H40/c1-2-3-11-19-14-16-21(17-15-19)18-20-12-9-7-5-4-6-8-10-13-20/h19-21H,2-18H2,1H3. The molecule has 124 valence electrons. The molecule has 0 atom stereocenters. The second kappa shape index (κ2) is 10.7. The molecule has 0 heterocycles. The van der Waals surface area contributed by atoms with Crippen LogP contribution in [0.5, 0.6) is 0 Å². The van der Waals surface area contributed by atoms with E-state index in [0.29, 0.717) is 0 Å². The van der Waals surface area contributed by atoms with Crippen molar-refractivity contribution < 1.29 is 0 Å². The molecule has 0 saturated heterocycles. The van der Waals surface area contributed by atoms with Crippen molar-refractivity contribution in [3.63, 3.8) is 0 Å². The van der Waals surface area contributed by atoms with E-state index in [1.54, 1.807) is 44.9 Å². The predicted octanol–water partition coefficient (Wildman–Crippen LogP) is 7.51. The van der Waals surface area contributed by atoms with Crippen molar-refractivity contribution >= 4 is 0 Å². The number of hydrogen-bond acceptors (Lipinski definition) is 0. The quantitative estimate of drug-likeness (QED) is 0.491. The first-order valence-corrected chi connectivity index (χ1v) is 10.4. The fraction of sp³-hybridized carbons (Fsp3) is 1.00. The van der Waals surface area contributed by atoms with Gasteiger partial charge in [-0.1, -0.05) is 110 Å². The van der Waals surface area contributed by atoms with Crippen molar-refractivity contribution in [3.8, 4) is 0 Å². The molecule has 0 heteroatoms. The third kappa shape index (κ3) is 7.20. The van der Waals surface area contributed by atoms with Crippen LogP contribution in [0.2, 0.25) is 0 Å². The normalized spacial score (nSPS) is 30.1. The van der Waals surface area contributed by atoms with E-state index in [-0.39, 0.29) is 0 Å². The molecular formula is C21H40. The Balaban J connectivity index is 1.65. The minimum absolute atomic E-state index is 1.08. The lowest BCUT2D eigenvalue weighted by Gasteiger charge is -2.31. The summed E-state index contributed by atoms with van der Waals surface area (Å²) in [4.78, 5) is 0. The maximum absolute atomic E-state index is 2.34. The number of hydrogen-bond donors (Lipinski definition) is 0. The fourth-order valence-electron chi connectivity index (χ4n) is 4.85. The summed E-state index contributed by atoms with van der Waals surface area (Å²) in [5.41, 5.74) is 0. The van der Waals surface area contributed by atoms with Crippen molar-refractivity contribution in [2.24, 2.45) is 17.8 Å². The highest BCUT2D eigenvalue weighted by Crippen LogP contribution is 2.37. The van der Waals surface area contributed by atoms with Gasteiger partial charge in [0.1, 0.15) is 0 Å². The molecule has 2 fully saturated rings. The van der Waals surface area contributed by atoms with E-state index in [2.05, 4.69) is 6.92 Å². The molecule has 21 heavy (non-hydrogen) atoms. The first-order chi connectivity index (χ1) is 10.4. The summed E-state index contributed by atoms with van der Waals surface area (Å²) >= 11 is 0. The highest BCUT2D eigenvalue weighted by molar-refractivity contribution is 4.75. The lowest BCUT2D eigenvalue weighted by molar-refractivity contribution is 0.212. The zero-order chi connectivity index (χ0) is 14.8. The van der Waals surface area contributed by atoms with Gasteiger partial charge in [-0.25, -0.2) is 0 Å². The predicted molar refractivity (Wildman–Crippen MR) is 94.6 cm³/mol. The summed E-state index contributed by atoms with van der Waals surface area (Å²) in [6.45, 7) is 2.34. The second-order valence-electron chi connectivity index (χ2n) is 8.18. The minimum atomic E-state index is 1.08. The SMILES string of the molecule is CCCCC1CCC(CC2CCCCCCCCC2)CC1. The van der Waals surface area contributed by atoms with E-state index >= 15 is 0 Å². The van der Waals surface area contributed by atoms with Gasteiger partial charge in [0.15, 0.2) is 0 Å². The molecule has 0 bridgehead atoms. The van der Waals surface area contributed by atoms with Crippen molar-refractivity contribution in [2.45, 2.75) is 116 Å². The summed E-state index contributed by atoms with van der Waals surface area (Å²) in [7, 11) is 0. The highest BCUT2D eigenvalue weighted by Gasteiger charge is 2.23. The first-order valence-electron chi connectivity index (χ1n) is 10.4. The average Bonchev–Trinajstić information content (AvgIpc) is 2.53. The van der Waals surface area contributed by atoms with E-state index in [1.165, 1.54) is 64.2 Å². The molecule has 0 aliphatic heterocycles. The largest absolute Gasteiger partial charge is 0.0654 e. The van der Waals surface area contributed by atoms with Crippen LogP contribution < -0.4 is 0 Å². The Labute approximate surface area is 134 Å². The summed E-state index contributed by atoms with van der Waals surface area (Å²) in [6, 6.07) is 0. The smallest absolute Gasteiger partial charge is 0.0411 e. The van der Waals surface area contributed by atoms with Crippen LogP contribution in [-0.4, -0.2) is 0 Å². The summed E-state index contributed by atoms with van der Waals surface area (Å²) in [6.07, 6.45) is 25.9. The molecule has 0 spiro atoms. The van der Waals surface area contributed by atoms with E-state index in [1.807, 2.05) is 0 Å². The van der Waals surface area contributed by atoms with Crippen molar-refractivity contribution in [1.29, 1.82) is 0 Å². The van der Waals surface area contributed by atoms with Crippen LogP contribution in [0.25, 0.3) is 0 Å². The Kier molecular flexibility index (Phi) is 8.83. The van der Waals surface area contributed by atoms with Gasteiger partial charge in [-0.05, 0) is 24.2 Å². The third-order valence-corrected chi connectivity index (χ3v) is 6.32. The average molecular weight is 293 g/mol. The van der Waals surface area contributed by atoms with Gasteiger partial charge in [0.05, 0.1) is 0 Å². The van der Waals surface area contributed by atoms with E-state index < -0.39 is 0 Å². The van der Waals surface area contributed by atoms with E-state index in [4.69, 9.17) is 0 Å². The molecule has 0 aromatic carbocycles. The minimum Gasteiger partial charge on any atom is -0.0654 e. The molecule has 0 radical (unpaired) electrons. The van der Waals surface area contributed by atoms with Gasteiger partial charge in [-0.15, -0.1) is 0 Å². The molecule has 2 aliphatic carbocycles. The van der Waals surface area contributed by atoms with E-state index in [9.17, 15) is 0 Å². The summed E-state index contributed by atoms with van der Waals surface area (Å²) in [5, 5.41) is 0. The molecule has 2 rings (SSSR count). The first kappa shape index (κ1) is 17.4. The topological polar surface area (TPSA) is 0 Å². The lowest BCUT2D eigenvalue weighted by Crippen LogP contribution is -2.18. The van der Waals surface area contributed by atoms with Crippen molar-refractivity contribution in [3.05, 3.63) is 0 Å². The Morgan fingerprint density at radius 3 is 1.62 bits per heavy atom. The monoisotopic (exact) mass is 292 g/mol. The Hall–Kier alpha value is 0. The Morgan fingerprint density at radius 1 is 0.571 bits per heavy atom. The van der Waals surface area contributed by atoms with Crippen LogP contribution >= 0.6 is 0 Å². The van der Waals surface area contributed by atoms with Crippen molar-refractivity contribution in [1.82, 2.24) is 0 Å². The van der Waals surface area contributed by atoms with Gasteiger partial charge < -0.3 is 0 Å². The molecule has 0 unspecified atom stereocenters. The van der Waals surface area contributed by atoms with Crippen LogP contribution in [-0.2, 0) is 0 Å². The molecule has 2 aliphatic rings. The zero-order valence-corrected chi connectivity index (χ0v) is 14.8. The van der Waals surface area contributed by atoms with Crippen LogP contribution in [0.1, 0.15) is 116 Å². The van der Waals surface area contributed by atoms with Crippen LogP contribution in [0, 0.1) is 17.8 Å². The second-order valence-corrected chi connectivity index (χ2v) is 8.18. The molecular weight excluding hydrogens is 252 g/mol. The van der Waals surface area contributed by atoms with Crippen LogP contribution in [0.3, 0.4) is 0 Å². The van der Waals surface area contributed by atoms with Gasteiger partial charge >= 0.3 is 0 Å². The summed E-state index contributed by atoms with van der Waals surface area (Å²) < 4.78 is 0. The Morgan fingerprint density at radius 2 is 1.05 bits per heavy atom. The maximum atomic E-state index is 2.34. The third-order valence-electron chi connectivity index (χ3n) is 6.32. The summed E-state index contributed by atoms with van der Waals surface area (Å²) in [5.74, 6) is 3.27. The van der Waals surface area contributed by atoms with Gasteiger partial charge in [-0.3, -0.25) is 0 Å². The molecule has 0 N–H and O–H groups in total. The van der Waals surface area contributed by atoms with Crippen LogP contribution in [0.15, 0.2) is 0 Å². The molecule has 0 nitrogen and oxygen atoms in total. The molecule has 0 aromatic rings. The molecule has 0 aromatic heterocycles. The van der Waals surface area contributed by atoms with Crippen LogP contribution in [0.4, 0.5) is 0 Å². The van der Waals surface area contributed by atoms with Gasteiger partial charge in [-0.2, -0.15) is 0 Å². The molecule has 2 saturated carbocycles. The van der Waals surface area contributed by atoms with Gasteiger partial charge in [0, 0.05) is 0 Å².